The number of carbonyl (C=O) groups excluding carboxylic acids is 1. The lowest BCUT2D eigenvalue weighted by Crippen LogP contribution is -2.26. The van der Waals surface area contributed by atoms with Crippen LogP contribution in [0, 0.1) is 18.8 Å². The highest BCUT2D eigenvalue weighted by molar-refractivity contribution is 5.96. The minimum atomic E-state index is 0.00129. The van der Waals surface area contributed by atoms with E-state index in [1.54, 1.807) is 0 Å². The molecule has 17 heavy (non-hydrogen) atoms. The monoisotopic (exact) mass is 228 g/mol. The van der Waals surface area contributed by atoms with E-state index in [9.17, 15) is 4.79 Å². The molecule has 0 unspecified atom stereocenters. The van der Waals surface area contributed by atoms with Gasteiger partial charge in [0.2, 0.25) is 0 Å². The molecule has 0 radical (unpaired) electrons. The highest BCUT2D eigenvalue weighted by atomic mass is 16.1. The maximum Gasteiger partial charge on any atom is 0.251 e. The van der Waals surface area contributed by atoms with E-state index in [-0.39, 0.29) is 5.91 Å². The van der Waals surface area contributed by atoms with Gasteiger partial charge < -0.3 is 11.1 Å². The van der Waals surface area contributed by atoms with Crippen LogP contribution in [-0.2, 0) is 0 Å². The summed E-state index contributed by atoms with van der Waals surface area (Å²) in [6.45, 7) is 2.26. The molecule has 0 atom stereocenters. The minimum absolute atomic E-state index is 0.00129. The van der Waals surface area contributed by atoms with E-state index in [1.165, 1.54) is 0 Å². The van der Waals surface area contributed by atoms with E-state index in [4.69, 9.17) is 5.73 Å². The maximum atomic E-state index is 12.0. The Hall–Kier alpha value is -1.79. The van der Waals surface area contributed by atoms with E-state index in [1.807, 2.05) is 25.1 Å². The first-order valence-corrected chi connectivity index (χ1v) is 5.81. The van der Waals surface area contributed by atoms with Gasteiger partial charge in [0.25, 0.3) is 5.91 Å². The zero-order valence-electron chi connectivity index (χ0n) is 9.92. The van der Waals surface area contributed by atoms with E-state index in [2.05, 4.69) is 17.2 Å². The van der Waals surface area contributed by atoms with Gasteiger partial charge >= 0.3 is 0 Å². The largest absolute Gasteiger partial charge is 0.349 e. The molecule has 0 aliphatic heterocycles. The van der Waals surface area contributed by atoms with Crippen molar-refractivity contribution in [3.8, 4) is 11.8 Å². The first-order chi connectivity index (χ1) is 8.20. The van der Waals surface area contributed by atoms with Crippen LogP contribution in [0.2, 0.25) is 0 Å². The van der Waals surface area contributed by atoms with Crippen molar-refractivity contribution in [1.29, 1.82) is 0 Å². The lowest BCUT2D eigenvalue weighted by molar-refractivity contribution is 0.0950. The number of hydrogen-bond donors (Lipinski definition) is 2. The highest BCUT2D eigenvalue weighted by Gasteiger charge is 2.24. The smallest absolute Gasteiger partial charge is 0.251 e. The van der Waals surface area contributed by atoms with Crippen molar-refractivity contribution < 1.29 is 4.79 Å². The van der Waals surface area contributed by atoms with Gasteiger partial charge in [-0.25, -0.2) is 0 Å². The summed E-state index contributed by atoms with van der Waals surface area (Å²) in [5.74, 6) is 5.73. The second kappa shape index (κ2) is 5.03. The molecule has 1 aromatic rings. The molecular weight excluding hydrogens is 212 g/mol. The Morgan fingerprint density at radius 3 is 2.94 bits per heavy atom. The molecular formula is C14H16N2O. The van der Waals surface area contributed by atoms with Crippen molar-refractivity contribution in [2.75, 3.05) is 6.54 Å². The molecule has 2 rings (SSSR count). The molecule has 0 saturated heterocycles. The topological polar surface area (TPSA) is 55.1 Å². The number of rotatable bonds is 2. The standard InChI is InChI=1S/C14H16N2O/c1-10-4-5-11(3-2-8-15)9-13(10)14(17)16-12-6-7-12/h4-5,9,12H,6-8,15H2,1H3,(H,16,17). The molecule has 1 aromatic carbocycles. The molecule has 1 aliphatic rings. The molecule has 0 bridgehead atoms. The first kappa shape index (κ1) is 11.7. The Morgan fingerprint density at radius 1 is 1.53 bits per heavy atom. The van der Waals surface area contributed by atoms with Crippen LogP contribution < -0.4 is 11.1 Å². The van der Waals surface area contributed by atoms with Crippen LogP contribution in [0.15, 0.2) is 18.2 Å². The molecule has 0 heterocycles. The Balaban J connectivity index is 2.21. The van der Waals surface area contributed by atoms with Crippen LogP contribution in [0.3, 0.4) is 0 Å². The fraction of sp³-hybridized carbons (Fsp3) is 0.357. The number of amides is 1. The zero-order chi connectivity index (χ0) is 12.3. The highest BCUT2D eigenvalue weighted by Crippen LogP contribution is 2.20. The fourth-order valence-corrected chi connectivity index (χ4v) is 1.59. The average Bonchev–Trinajstić information content (AvgIpc) is 3.11. The molecule has 3 nitrogen and oxygen atoms in total. The molecule has 1 aliphatic carbocycles. The van der Waals surface area contributed by atoms with Gasteiger partial charge in [-0.3, -0.25) is 4.79 Å². The predicted molar refractivity (Wildman–Crippen MR) is 67.6 cm³/mol. The SMILES string of the molecule is Cc1ccc(C#CCN)cc1C(=O)NC1CC1. The van der Waals surface area contributed by atoms with E-state index in [0.29, 0.717) is 18.2 Å². The fourth-order valence-electron chi connectivity index (χ4n) is 1.59. The Labute approximate surface area is 101 Å². The van der Waals surface area contributed by atoms with Crippen LogP contribution >= 0.6 is 0 Å². The normalized spacial score (nSPS) is 13.8. The van der Waals surface area contributed by atoms with Gasteiger partial charge in [0, 0.05) is 17.2 Å². The van der Waals surface area contributed by atoms with Crippen LogP contribution in [0.1, 0.15) is 34.3 Å². The molecule has 0 aromatic heterocycles. The van der Waals surface area contributed by atoms with Gasteiger partial charge in [-0.2, -0.15) is 0 Å². The molecule has 1 amide bonds. The van der Waals surface area contributed by atoms with Crippen LogP contribution in [0.4, 0.5) is 0 Å². The van der Waals surface area contributed by atoms with Crippen molar-refractivity contribution in [3.63, 3.8) is 0 Å². The van der Waals surface area contributed by atoms with Gasteiger partial charge in [-0.1, -0.05) is 17.9 Å². The summed E-state index contributed by atoms with van der Waals surface area (Å²) in [5, 5.41) is 2.98. The van der Waals surface area contributed by atoms with E-state index < -0.39 is 0 Å². The van der Waals surface area contributed by atoms with Crippen molar-refractivity contribution in [2.45, 2.75) is 25.8 Å². The van der Waals surface area contributed by atoms with Gasteiger partial charge in [0.15, 0.2) is 0 Å². The van der Waals surface area contributed by atoms with Gasteiger partial charge in [0.05, 0.1) is 6.54 Å². The molecule has 0 spiro atoms. The van der Waals surface area contributed by atoms with Gasteiger partial charge in [0.1, 0.15) is 0 Å². The second-order valence-electron chi connectivity index (χ2n) is 4.28. The Morgan fingerprint density at radius 2 is 2.29 bits per heavy atom. The lowest BCUT2D eigenvalue weighted by atomic mass is 10.0. The van der Waals surface area contributed by atoms with Crippen molar-refractivity contribution in [1.82, 2.24) is 5.32 Å². The third-order valence-electron chi connectivity index (χ3n) is 2.73. The Kier molecular flexibility index (Phi) is 3.46. The molecule has 1 saturated carbocycles. The summed E-state index contributed by atoms with van der Waals surface area (Å²) in [7, 11) is 0. The Bertz CT molecular complexity index is 493. The zero-order valence-corrected chi connectivity index (χ0v) is 9.92. The first-order valence-electron chi connectivity index (χ1n) is 5.81. The predicted octanol–water partition coefficient (Wildman–Crippen LogP) is 1.20. The number of hydrogen-bond acceptors (Lipinski definition) is 2. The molecule has 3 heteroatoms. The van der Waals surface area contributed by atoms with E-state index >= 15 is 0 Å². The molecule has 88 valence electrons. The summed E-state index contributed by atoms with van der Waals surface area (Å²) in [5.41, 5.74) is 7.84. The quantitative estimate of drug-likeness (QED) is 0.747. The summed E-state index contributed by atoms with van der Waals surface area (Å²) < 4.78 is 0. The summed E-state index contributed by atoms with van der Waals surface area (Å²) in [6.07, 6.45) is 2.19. The van der Waals surface area contributed by atoms with Crippen LogP contribution in [-0.4, -0.2) is 18.5 Å². The third kappa shape index (κ3) is 3.08. The number of nitrogens with one attached hydrogen (secondary N) is 1. The van der Waals surface area contributed by atoms with Crippen LogP contribution in [0.25, 0.3) is 0 Å². The molecule has 3 N–H and O–H groups in total. The second-order valence-corrected chi connectivity index (χ2v) is 4.28. The number of carbonyl (C=O) groups is 1. The average molecular weight is 228 g/mol. The third-order valence-corrected chi connectivity index (χ3v) is 2.73. The van der Waals surface area contributed by atoms with Crippen molar-refractivity contribution in [2.24, 2.45) is 5.73 Å². The summed E-state index contributed by atoms with van der Waals surface area (Å²) in [4.78, 5) is 12.0. The van der Waals surface area contributed by atoms with Crippen molar-refractivity contribution >= 4 is 5.91 Å². The minimum Gasteiger partial charge on any atom is -0.349 e. The number of benzene rings is 1. The maximum absolute atomic E-state index is 12.0. The van der Waals surface area contributed by atoms with E-state index in [0.717, 1.165) is 24.0 Å². The van der Waals surface area contributed by atoms with Crippen molar-refractivity contribution in [3.05, 3.63) is 34.9 Å². The van der Waals surface area contributed by atoms with Crippen LogP contribution in [0.5, 0.6) is 0 Å². The summed E-state index contributed by atoms with van der Waals surface area (Å²) >= 11 is 0. The summed E-state index contributed by atoms with van der Waals surface area (Å²) in [6, 6.07) is 6.03. The number of nitrogens with two attached hydrogens (primary N) is 1. The molecule has 1 fully saturated rings. The van der Waals surface area contributed by atoms with Gasteiger partial charge in [-0.15, -0.1) is 0 Å². The number of aryl methyl sites for hydroxylation is 1. The lowest BCUT2D eigenvalue weighted by Gasteiger charge is -2.07. The van der Waals surface area contributed by atoms with Gasteiger partial charge in [-0.05, 0) is 37.5 Å².